The van der Waals surface area contributed by atoms with Gasteiger partial charge in [0.25, 0.3) is 0 Å². The lowest BCUT2D eigenvalue weighted by molar-refractivity contribution is 0.174. The van der Waals surface area contributed by atoms with Crippen LogP contribution in [0.15, 0.2) is 30.3 Å². The highest BCUT2D eigenvalue weighted by atomic mass is 15.1. The maximum absolute atomic E-state index is 3.69. The first-order valence-corrected chi connectivity index (χ1v) is 8.23. The van der Waals surface area contributed by atoms with Crippen LogP contribution in [0.25, 0.3) is 0 Å². The molecule has 0 spiro atoms. The molecule has 0 radical (unpaired) electrons. The highest BCUT2D eigenvalue weighted by Gasteiger charge is 2.18. The molecule has 1 fully saturated rings. The molecular weight excluding hydrogens is 244 g/mol. The van der Waals surface area contributed by atoms with Crippen molar-refractivity contribution in [1.82, 2.24) is 10.2 Å². The molecule has 2 nitrogen and oxygen atoms in total. The summed E-state index contributed by atoms with van der Waals surface area (Å²) in [5.74, 6) is 0. The van der Waals surface area contributed by atoms with Gasteiger partial charge in [0.05, 0.1) is 0 Å². The van der Waals surface area contributed by atoms with Crippen LogP contribution in [0.4, 0.5) is 0 Å². The SMILES string of the molecule is CC(CCc1ccccc1)NCCC1CCCCN1C. The lowest BCUT2D eigenvalue weighted by atomic mass is 10.00. The molecule has 1 aromatic carbocycles. The number of hydrogen-bond donors (Lipinski definition) is 1. The molecule has 2 atom stereocenters. The van der Waals surface area contributed by atoms with Gasteiger partial charge in [-0.15, -0.1) is 0 Å². The average molecular weight is 274 g/mol. The molecule has 1 saturated heterocycles. The van der Waals surface area contributed by atoms with Gasteiger partial charge in [0.15, 0.2) is 0 Å². The van der Waals surface area contributed by atoms with Gasteiger partial charge in [0.2, 0.25) is 0 Å². The first kappa shape index (κ1) is 15.5. The Morgan fingerprint density at radius 1 is 1.25 bits per heavy atom. The predicted molar refractivity (Wildman–Crippen MR) is 87.1 cm³/mol. The normalized spacial score (nSPS) is 21.8. The van der Waals surface area contributed by atoms with E-state index in [1.807, 2.05) is 0 Å². The van der Waals surface area contributed by atoms with Gasteiger partial charge in [-0.2, -0.15) is 0 Å². The Hall–Kier alpha value is -0.860. The minimum absolute atomic E-state index is 0.615. The van der Waals surface area contributed by atoms with Crippen molar-refractivity contribution in [3.05, 3.63) is 35.9 Å². The third-order valence-electron chi connectivity index (χ3n) is 4.60. The smallest absolute Gasteiger partial charge is 0.0104 e. The Kier molecular flexibility index (Phi) is 6.55. The van der Waals surface area contributed by atoms with Crippen LogP contribution in [-0.2, 0) is 6.42 Å². The van der Waals surface area contributed by atoms with E-state index in [-0.39, 0.29) is 0 Å². The summed E-state index contributed by atoms with van der Waals surface area (Å²) >= 11 is 0. The fourth-order valence-corrected chi connectivity index (χ4v) is 3.14. The zero-order valence-electron chi connectivity index (χ0n) is 13.1. The number of piperidine rings is 1. The van der Waals surface area contributed by atoms with E-state index in [0.29, 0.717) is 6.04 Å². The van der Waals surface area contributed by atoms with Crippen molar-refractivity contribution in [1.29, 1.82) is 0 Å². The molecule has 1 aliphatic rings. The quantitative estimate of drug-likeness (QED) is 0.819. The molecule has 0 aliphatic carbocycles. The lowest BCUT2D eigenvalue weighted by Crippen LogP contribution is -2.39. The van der Waals surface area contributed by atoms with Crippen molar-refractivity contribution in [2.75, 3.05) is 20.1 Å². The summed E-state index contributed by atoms with van der Waals surface area (Å²) in [6.07, 6.45) is 7.89. The predicted octanol–water partition coefficient (Wildman–Crippen LogP) is 3.47. The van der Waals surface area contributed by atoms with Crippen LogP contribution in [-0.4, -0.2) is 37.1 Å². The van der Waals surface area contributed by atoms with Crippen LogP contribution in [0, 0.1) is 0 Å². The van der Waals surface area contributed by atoms with Gasteiger partial charge in [0, 0.05) is 12.1 Å². The van der Waals surface area contributed by atoms with Crippen LogP contribution >= 0.6 is 0 Å². The summed E-state index contributed by atoms with van der Waals surface area (Å²) in [5.41, 5.74) is 1.45. The van der Waals surface area contributed by atoms with Gasteiger partial charge in [-0.05, 0) is 64.7 Å². The van der Waals surface area contributed by atoms with Crippen molar-refractivity contribution in [3.8, 4) is 0 Å². The Morgan fingerprint density at radius 2 is 2.05 bits per heavy atom. The number of hydrogen-bond acceptors (Lipinski definition) is 2. The summed E-state index contributed by atoms with van der Waals surface area (Å²) in [7, 11) is 2.28. The minimum Gasteiger partial charge on any atom is -0.314 e. The van der Waals surface area contributed by atoms with E-state index in [1.54, 1.807) is 0 Å². The molecule has 1 aromatic rings. The van der Waals surface area contributed by atoms with Crippen LogP contribution in [0.1, 0.15) is 44.6 Å². The number of benzene rings is 1. The van der Waals surface area contributed by atoms with Crippen LogP contribution < -0.4 is 5.32 Å². The number of nitrogens with zero attached hydrogens (tertiary/aromatic N) is 1. The fourth-order valence-electron chi connectivity index (χ4n) is 3.14. The maximum Gasteiger partial charge on any atom is 0.0104 e. The highest BCUT2D eigenvalue weighted by Crippen LogP contribution is 2.17. The second-order valence-corrected chi connectivity index (χ2v) is 6.30. The molecule has 1 aliphatic heterocycles. The van der Waals surface area contributed by atoms with E-state index in [0.717, 1.165) is 12.6 Å². The van der Waals surface area contributed by atoms with Crippen LogP contribution in [0.5, 0.6) is 0 Å². The summed E-state index contributed by atoms with van der Waals surface area (Å²) in [4.78, 5) is 2.54. The van der Waals surface area contributed by atoms with Crippen molar-refractivity contribution < 1.29 is 0 Å². The van der Waals surface area contributed by atoms with Crippen molar-refractivity contribution in [2.45, 2.75) is 57.5 Å². The maximum atomic E-state index is 3.69. The number of nitrogens with one attached hydrogen (secondary N) is 1. The Morgan fingerprint density at radius 3 is 2.80 bits per heavy atom. The fraction of sp³-hybridized carbons (Fsp3) is 0.667. The molecule has 0 aromatic heterocycles. The van der Waals surface area contributed by atoms with Gasteiger partial charge in [0.1, 0.15) is 0 Å². The molecular formula is C18H30N2. The van der Waals surface area contributed by atoms with E-state index in [9.17, 15) is 0 Å². The Bertz CT molecular complexity index is 363. The van der Waals surface area contributed by atoms with Crippen LogP contribution in [0.3, 0.4) is 0 Å². The highest BCUT2D eigenvalue weighted by molar-refractivity contribution is 5.14. The summed E-state index contributed by atoms with van der Waals surface area (Å²) in [5, 5.41) is 3.69. The number of aryl methyl sites for hydroxylation is 1. The van der Waals surface area contributed by atoms with Gasteiger partial charge in [-0.3, -0.25) is 0 Å². The molecule has 112 valence electrons. The molecule has 2 unspecified atom stereocenters. The minimum atomic E-state index is 0.615. The lowest BCUT2D eigenvalue weighted by Gasteiger charge is -2.32. The first-order chi connectivity index (χ1) is 9.75. The number of rotatable bonds is 7. The molecule has 2 heteroatoms. The van der Waals surface area contributed by atoms with E-state index in [4.69, 9.17) is 0 Å². The first-order valence-electron chi connectivity index (χ1n) is 8.23. The van der Waals surface area contributed by atoms with E-state index in [1.165, 1.54) is 50.6 Å². The Balaban J connectivity index is 1.59. The van der Waals surface area contributed by atoms with Crippen molar-refractivity contribution in [2.24, 2.45) is 0 Å². The van der Waals surface area contributed by atoms with E-state index >= 15 is 0 Å². The molecule has 0 amide bonds. The van der Waals surface area contributed by atoms with E-state index < -0.39 is 0 Å². The second kappa shape index (κ2) is 8.43. The average Bonchev–Trinajstić information content (AvgIpc) is 2.48. The monoisotopic (exact) mass is 274 g/mol. The van der Waals surface area contributed by atoms with Gasteiger partial charge >= 0.3 is 0 Å². The topological polar surface area (TPSA) is 15.3 Å². The van der Waals surface area contributed by atoms with Crippen molar-refractivity contribution in [3.63, 3.8) is 0 Å². The molecule has 2 rings (SSSR count). The summed E-state index contributed by atoms with van der Waals surface area (Å²) in [6, 6.07) is 12.2. The molecule has 1 heterocycles. The third-order valence-corrected chi connectivity index (χ3v) is 4.60. The Labute approximate surface area is 124 Å². The molecule has 20 heavy (non-hydrogen) atoms. The number of likely N-dealkylation sites (tertiary alicyclic amines) is 1. The van der Waals surface area contributed by atoms with Crippen LogP contribution in [0.2, 0.25) is 0 Å². The summed E-state index contributed by atoms with van der Waals surface area (Å²) in [6.45, 7) is 4.76. The van der Waals surface area contributed by atoms with E-state index in [2.05, 4.69) is 54.5 Å². The van der Waals surface area contributed by atoms with Crippen molar-refractivity contribution >= 4 is 0 Å². The van der Waals surface area contributed by atoms with Gasteiger partial charge < -0.3 is 10.2 Å². The third kappa shape index (κ3) is 5.26. The largest absolute Gasteiger partial charge is 0.314 e. The standard InChI is InChI=1S/C18H30N2/c1-16(11-12-17-8-4-3-5-9-17)19-14-13-18-10-6-7-15-20(18)2/h3-5,8-9,16,18-19H,6-7,10-15H2,1-2H3. The zero-order chi connectivity index (χ0) is 14.2. The summed E-state index contributed by atoms with van der Waals surface area (Å²) < 4.78 is 0. The second-order valence-electron chi connectivity index (χ2n) is 6.30. The molecule has 0 saturated carbocycles. The van der Waals surface area contributed by atoms with Gasteiger partial charge in [-0.1, -0.05) is 36.8 Å². The molecule has 1 N–H and O–H groups in total. The molecule has 0 bridgehead atoms. The van der Waals surface area contributed by atoms with Gasteiger partial charge in [-0.25, -0.2) is 0 Å². The zero-order valence-corrected chi connectivity index (χ0v) is 13.1.